The molecule has 2 aliphatic carbocycles. The third kappa shape index (κ3) is 3.43. The minimum atomic E-state index is 0.553. The maximum absolute atomic E-state index is 4.99. The number of pyridine rings is 1. The van der Waals surface area contributed by atoms with Crippen LogP contribution in [0.1, 0.15) is 55.7 Å². The van der Waals surface area contributed by atoms with E-state index in [-0.39, 0.29) is 0 Å². The molecule has 0 spiro atoms. The Bertz CT molecular complexity index is 1110. The van der Waals surface area contributed by atoms with Crippen LogP contribution in [0.2, 0.25) is 0 Å². The zero-order chi connectivity index (χ0) is 21.5. The highest BCUT2D eigenvalue weighted by molar-refractivity contribution is 5.71. The summed E-state index contributed by atoms with van der Waals surface area (Å²) in [6.45, 7) is 6.26. The fraction of sp³-hybridized carbons (Fsp3) is 0.500. The summed E-state index contributed by atoms with van der Waals surface area (Å²) in [6, 6.07) is 4.68. The average Bonchev–Trinajstić information content (AvgIpc) is 3.56. The van der Waals surface area contributed by atoms with Gasteiger partial charge in [0.1, 0.15) is 11.6 Å². The normalized spacial score (nSPS) is 18.1. The third-order valence-corrected chi connectivity index (χ3v) is 6.98. The van der Waals surface area contributed by atoms with E-state index >= 15 is 0 Å². The summed E-state index contributed by atoms with van der Waals surface area (Å²) in [5.41, 5.74) is 5.74. The number of anilines is 3. The lowest BCUT2D eigenvalue weighted by Gasteiger charge is -2.29. The molecule has 1 aliphatic heterocycles. The number of fused-ring (bicyclic) bond motifs is 3. The van der Waals surface area contributed by atoms with Crippen LogP contribution < -0.4 is 15.5 Å². The minimum absolute atomic E-state index is 0.553. The van der Waals surface area contributed by atoms with Gasteiger partial charge in [-0.05, 0) is 25.0 Å². The van der Waals surface area contributed by atoms with E-state index in [2.05, 4.69) is 43.1 Å². The Morgan fingerprint density at radius 1 is 1.06 bits per heavy atom. The molecule has 1 saturated carbocycles. The van der Waals surface area contributed by atoms with Crippen molar-refractivity contribution in [2.75, 3.05) is 36.4 Å². The van der Waals surface area contributed by atoms with Gasteiger partial charge in [0.05, 0.1) is 29.0 Å². The molecule has 8 nitrogen and oxygen atoms in total. The molecule has 3 aliphatic rings. The van der Waals surface area contributed by atoms with Crippen LogP contribution in [-0.4, -0.2) is 50.7 Å². The molecule has 2 N–H and O–H groups in total. The number of aromatic nitrogens is 5. The zero-order valence-electron chi connectivity index (χ0n) is 18.6. The quantitative estimate of drug-likeness (QED) is 0.502. The van der Waals surface area contributed by atoms with Gasteiger partial charge in [-0.15, -0.1) is 0 Å². The Labute approximate surface area is 188 Å². The zero-order valence-corrected chi connectivity index (χ0v) is 18.6. The van der Waals surface area contributed by atoms with Crippen molar-refractivity contribution in [3.63, 3.8) is 0 Å². The van der Waals surface area contributed by atoms with E-state index in [0.717, 1.165) is 61.9 Å². The van der Waals surface area contributed by atoms with Crippen molar-refractivity contribution in [3.05, 3.63) is 41.6 Å². The highest BCUT2D eigenvalue weighted by Crippen LogP contribution is 2.41. The molecule has 0 amide bonds. The standard InChI is InChI=1S/C24H30N8/c1-2-21-28-19-13-16-14-27-24(30-22(16)23(19)32(21)17-5-3-4-6-17)29-20-8-7-18(15-26-20)31-11-9-25-10-12-31/h7-8,14-15,17,25H,2-6,9-13H2,1H3,(H,26,27,29,30). The van der Waals surface area contributed by atoms with Gasteiger partial charge in [-0.1, -0.05) is 19.8 Å². The first-order chi connectivity index (χ1) is 15.8. The fourth-order valence-corrected chi connectivity index (χ4v) is 5.38. The summed E-state index contributed by atoms with van der Waals surface area (Å²) in [5, 5.41) is 6.70. The maximum atomic E-state index is 4.99. The van der Waals surface area contributed by atoms with E-state index in [0.29, 0.717) is 12.0 Å². The summed E-state index contributed by atoms with van der Waals surface area (Å²) >= 11 is 0. The van der Waals surface area contributed by atoms with Crippen LogP contribution in [0, 0.1) is 0 Å². The van der Waals surface area contributed by atoms with E-state index < -0.39 is 0 Å². The van der Waals surface area contributed by atoms with Gasteiger partial charge >= 0.3 is 0 Å². The molecular formula is C24H30N8. The second-order valence-corrected chi connectivity index (χ2v) is 8.99. The van der Waals surface area contributed by atoms with Gasteiger partial charge in [0.2, 0.25) is 5.95 Å². The van der Waals surface area contributed by atoms with E-state index in [9.17, 15) is 0 Å². The number of piperazine rings is 1. The lowest BCUT2D eigenvalue weighted by atomic mass is 10.2. The largest absolute Gasteiger partial charge is 0.368 e. The van der Waals surface area contributed by atoms with Crippen molar-refractivity contribution in [1.82, 2.24) is 29.8 Å². The Morgan fingerprint density at radius 3 is 2.66 bits per heavy atom. The molecule has 2 fully saturated rings. The third-order valence-electron chi connectivity index (χ3n) is 6.98. The molecule has 0 aromatic carbocycles. The summed E-state index contributed by atoms with van der Waals surface area (Å²) in [5.74, 6) is 2.56. The molecule has 0 radical (unpaired) electrons. The topological polar surface area (TPSA) is 83.8 Å². The number of imidazole rings is 1. The van der Waals surface area contributed by atoms with Gasteiger partial charge in [0.15, 0.2) is 0 Å². The Kier molecular flexibility index (Phi) is 5.02. The fourth-order valence-electron chi connectivity index (χ4n) is 5.38. The van der Waals surface area contributed by atoms with Crippen LogP contribution in [-0.2, 0) is 12.8 Å². The van der Waals surface area contributed by atoms with Crippen LogP contribution in [0.5, 0.6) is 0 Å². The molecule has 32 heavy (non-hydrogen) atoms. The van der Waals surface area contributed by atoms with Crippen LogP contribution in [0.4, 0.5) is 17.5 Å². The first-order valence-corrected chi connectivity index (χ1v) is 11.9. The van der Waals surface area contributed by atoms with E-state index in [1.807, 2.05) is 18.5 Å². The summed E-state index contributed by atoms with van der Waals surface area (Å²) < 4.78 is 2.49. The maximum Gasteiger partial charge on any atom is 0.228 e. The number of hydrogen-bond acceptors (Lipinski definition) is 7. The predicted octanol–water partition coefficient (Wildman–Crippen LogP) is 3.47. The van der Waals surface area contributed by atoms with E-state index in [1.54, 1.807) is 0 Å². The van der Waals surface area contributed by atoms with Crippen LogP contribution in [0.15, 0.2) is 24.5 Å². The second-order valence-electron chi connectivity index (χ2n) is 8.99. The number of hydrogen-bond donors (Lipinski definition) is 2. The summed E-state index contributed by atoms with van der Waals surface area (Å²) in [6.07, 6.45) is 10.8. The van der Waals surface area contributed by atoms with Gasteiger partial charge in [-0.25, -0.2) is 19.9 Å². The monoisotopic (exact) mass is 430 g/mol. The Balaban J connectivity index is 1.27. The van der Waals surface area contributed by atoms with Crippen LogP contribution >= 0.6 is 0 Å². The molecule has 0 atom stereocenters. The molecule has 0 unspecified atom stereocenters. The number of nitrogens with one attached hydrogen (secondary N) is 2. The average molecular weight is 431 g/mol. The molecule has 4 heterocycles. The van der Waals surface area contributed by atoms with E-state index in [4.69, 9.17) is 9.97 Å². The Morgan fingerprint density at radius 2 is 1.91 bits per heavy atom. The van der Waals surface area contributed by atoms with Gasteiger partial charge in [-0.2, -0.15) is 0 Å². The first kappa shape index (κ1) is 19.7. The molecule has 6 rings (SSSR count). The summed E-state index contributed by atoms with van der Waals surface area (Å²) in [4.78, 5) is 21.5. The van der Waals surface area contributed by atoms with Gasteiger partial charge in [-0.3, -0.25) is 0 Å². The number of nitrogens with zero attached hydrogens (tertiary/aromatic N) is 6. The molecule has 8 heteroatoms. The molecule has 3 aromatic rings. The first-order valence-electron chi connectivity index (χ1n) is 11.9. The lowest BCUT2D eigenvalue weighted by Crippen LogP contribution is -2.43. The molecule has 0 bridgehead atoms. The van der Waals surface area contributed by atoms with Crippen molar-refractivity contribution in [2.24, 2.45) is 0 Å². The molecular weight excluding hydrogens is 400 g/mol. The van der Waals surface area contributed by atoms with Crippen molar-refractivity contribution in [1.29, 1.82) is 0 Å². The van der Waals surface area contributed by atoms with E-state index in [1.165, 1.54) is 42.8 Å². The minimum Gasteiger partial charge on any atom is -0.368 e. The predicted molar refractivity (Wildman–Crippen MR) is 126 cm³/mol. The van der Waals surface area contributed by atoms with Gasteiger partial charge < -0.3 is 20.1 Å². The van der Waals surface area contributed by atoms with Crippen molar-refractivity contribution >= 4 is 17.5 Å². The number of aryl methyl sites for hydroxylation is 1. The summed E-state index contributed by atoms with van der Waals surface area (Å²) in [7, 11) is 0. The molecule has 166 valence electrons. The smallest absolute Gasteiger partial charge is 0.228 e. The van der Waals surface area contributed by atoms with Crippen molar-refractivity contribution in [2.45, 2.75) is 51.5 Å². The van der Waals surface area contributed by atoms with Crippen LogP contribution in [0.25, 0.3) is 11.4 Å². The van der Waals surface area contributed by atoms with Gasteiger partial charge in [0.25, 0.3) is 0 Å². The van der Waals surface area contributed by atoms with Crippen LogP contribution in [0.3, 0.4) is 0 Å². The number of rotatable bonds is 5. The highest BCUT2D eigenvalue weighted by Gasteiger charge is 2.32. The molecule has 3 aromatic heterocycles. The highest BCUT2D eigenvalue weighted by atomic mass is 15.2. The van der Waals surface area contributed by atoms with Crippen molar-refractivity contribution < 1.29 is 0 Å². The Hall–Kier alpha value is -3.00. The molecule has 1 saturated heterocycles. The van der Waals surface area contributed by atoms with Crippen molar-refractivity contribution in [3.8, 4) is 11.4 Å². The lowest BCUT2D eigenvalue weighted by molar-refractivity contribution is 0.503. The SMILES string of the molecule is CCc1nc2c(n1C1CCCC1)-c1nc(Nc3ccc(N4CCNCC4)cn3)ncc1C2. The second kappa shape index (κ2) is 8.16. The van der Waals surface area contributed by atoms with Gasteiger partial charge in [0, 0.05) is 56.8 Å².